The Morgan fingerprint density at radius 1 is 1.50 bits per heavy atom. The predicted octanol–water partition coefficient (Wildman–Crippen LogP) is 2.16. The molecule has 1 aromatic rings. The summed E-state index contributed by atoms with van der Waals surface area (Å²) < 4.78 is 5.07. The maximum absolute atomic E-state index is 11.9. The quantitative estimate of drug-likeness (QED) is 0.654. The van der Waals surface area contributed by atoms with Gasteiger partial charge in [-0.15, -0.1) is 23.1 Å². The number of piperidine rings is 1. The first-order valence-electron chi connectivity index (χ1n) is 6.72. The number of rotatable bonds is 4. The Morgan fingerprint density at radius 2 is 2.15 bits per heavy atom. The maximum Gasteiger partial charge on any atom is 0.350 e. The lowest BCUT2D eigenvalue weighted by molar-refractivity contribution is 0.0533. The van der Waals surface area contributed by atoms with Gasteiger partial charge in [0.05, 0.1) is 17.2 Å². The molecule has 4 N–H and O–H groups in total. The number of carbonyl (C=O) groups excluding carboxylic acids is 1. The third-order valence-electron chi connectivity index (χ3n) is 3.37. The van der Waals surface area contributed by atoms with Crippen LogP contribution in [0.5, 0.6) is 0 Å². The van der Waals surface area contributed by atoms with E-state index in [2.05, 4.69) is 4.90 Å². The summed E-state index contributed by atoms with van der Waals surface area (Å²) in [6, 6.07) is 0.283. The summed E-state index contributed by atoms with van der Waals surface area (Å²) in [5.41, 5.74) is 12.6. The van der Waals surface area contributed by atoms with Crippen LogP contribution in [0.4, 0.5) is 10.7 Å². The van der Waals surface area contributed by atoms with Crippen LogP contribution < -0.4 is 16.4 Å². The van der Waals surface area contributed by atoms with Crippen LogP contribution in [0, 0.1) is 0 Å². The van der Waals surface area contributed by atoms with E-state index in [0.29, 0.717) is 17.2 Å². The highest BCUT2D eigenvalue weighted by Crippen LogP contribution is 2.44. The monoisotopic (exact) mass is 315 g/mol. The molecule has 0 spiro atoms. The second-order valence-electron chi connectivity index (χ2n) is 4.73. The average molecular weight is 315 g/mol. The summed E-state index contributed by atoms with van der Waals surface area (Å²) >= 11 is 3.01. The molecule has 0 saturated carbocycles. The summed E-state index contributed by atoms with van der Waals surface area (Å²) in [4.78, 5) is 15.7. The van der Waals surface area contributed by atoms with Crippen LogP contribution in [0.3, 0.4) is 0 Å². The number of ether oxygens (including phenoxy) is 1. The van der Waals surface area contributed by atoms with Crippen LogP contribution in [0.25, 0.3) is 0 Å². The minimum Gasteiger partial charge on any atom is -0.462 e. The van der Waals surface area contributed by atoms with E-state index in [4.69, 9.17) is 16.2 Å². The first-order chi connectivity index (χ1) is 9.58. The van der Waals surface area contributed by atoms with Crippen molar-refractivity contribution in [3.63, 3.8) is 0 Å². The Labute approximate surface area is 127 Å². The van der Waals surface area contributed by atoms with Crippen LogP contribution in [0.1, 0.15) is 29.4 Å². The van der Waals surface area contributed by atoms with Crippen molar-refractivity contribution in [2.45, 2.75) is 30.7 Å². The van der Waals surface area contributed by atoms with Gasteiger partial charge in [-0.2, -0.15) is 0 Å². The van der Waals surface area contributed by atoms with E-state index < -0.39 is 0 Å². The number of hydrogen-bond donors (Lipinski definition) is 2. The summed E-state index contributed by atoms with van der Waals surface area (Å²) in [5.74, 6) is -0.328. The third-order valence-corrected chi connectivity index (χ3v) is 5.57. The van der Waals surface area contributed by atoms with Gasteiger partial charge in [-0.1, -0.05) is 0 Å². The van der Waals surface area contributed by atoms with E-state index in [1.54, 1.807) is 18.7 Å². The average Bonchev–Trinajstić information content (AvgIpc) is 2.77. The minimum atomic E-state index is -0.328. The molecule has 1 aliphatic rings. The number of hydrogen-bond acceptors (Lipinski definition) is 7. The predicted molar refractivity (Wildman–Crippen MR) is 85.9 cm³/mol. The second-order valence-corrected chi connectivity index (χ2v) is 6.54. The highest BCUT2D eigenvalue weighted by molar-refractivity contribution is 7.99. The van der Waals surface area contributed by atoms with Crippen LogP contribution in [0.2, 0.25) is 0 Å². The first-order valence-corrected chi connectivity index (χ1v) is 8.76. The summed E-state index contributed by atoms with van der Waals surface area (Å²) in [5, 5.41) is 1.07. The Bertz CT molecular complexity index is 482. The van der Waals surface area contributed by atoms with Gasteiger partial charge < -0.3 is 21.1 Å². The van der Waals surface area contributed by atoms with Crippen molar-refractivity contribution in [1.29, 1.82) is 0 Å². The lowest BCUT2D eigenvalue weighted by Crippen LogP contribution is -2.39. The molecule has 1 saturated heterocycles. The highest BCUT2D eigenvalue weighted by Gasteiger charge is 2.26. The highest BCUT2D eigenvalue weighted by atomic mass is 32.2. The molecule has 20 heavy (non-hydrogen) atoms. The van der Waals surface area contributed by atoms with E-state index in [0.717, 1.165) is 35.8 Å². The molecule has 0 aliphatic carbocycles. The number of nitrogens with two attached hydrogens (primary N) is 2. The number of anilines is 2. The first kappa shape index (κ1) is 15.5. The van der Waals surface area contributed by atoms with Crippen molar-refractivity contribution in [3.05, 3.63) is 4.88 Å². The van der Waals surface area contributed by atoms with Crippen LogP contribution in [0.15, 0.2) is 4.90 Å². The van der Waals surface area contributed by atoms with E-state index in [-0.39, 0.29) is 12.0 Å². The molecule has 2 rings (SSSR count). The standard InChI is InChI=1S/C13H21N3O2S2/c1-3-18-13(17)11-9(15)10(19-2)12(20-11)16-6-4-8(14)5-7-16/h8H,3-7,14-15H2,1-2H3. The van der Waals surface area contributed by atoms with E-state index in [1.807, 2.05) is 6.26 Å². The zero-order valence-corrected chi connectivity index (χ0v) is 13.5. The van der Waals surface area contributed by atoms with Crippen molar-refractivity contribution < 1.29 is 9.53 Å². The van der Waals surface area contributed by atoms with Crippen molar-refractivity contribution >= 4 is 39.8 Å². The van der Waals surface area contributed by atoms with Crippen LogP contribution >= 0.6 is 23.1 Å². The van der Waals surface area contributed by atoms with Crippen molar-refractivity contribution in [3.8, 4) is 0 Å². The zero-order valence-electron chi connectivity index (χ0n) is 11.8. The van der Waals surface area contributed by atoms with E-state index in [9.17, 15) is 4.79 Å². The van der Waals surface area contributed by atoms with Crippen molar-refractivity contribution in [1.82, 2.24) is 0 Å². The fourth-order valence-corrected chi connectivity index (χ4v) is 4.40. The van der Waals surface area contributed by atoms with Crippen molar-refractivity contribution in [2.75, 3.05) is 36.6 Å². The number of carbonyl (C=O) groups is 1. The molecule has 0 radical (unpaired) electrons. The molecule has 112 valence electrons. The number of nitrogens with zero attached hydrogens (tertiary/aromatic N) is 1. The number of nitrogen functional groups attached to an aromatic ring is 1. The molecule has 1 aliphatic heterocycles. The fraction of sp³-hybridized carbons (Fsp3) is 0.615. The van der Waals surface area contributed by atoms with Crippen LogP contribution in [-0.4, -0.2) is 38.0 Å². The Kier molecular flexibility index (Phi) is 5.17. The SMILES string of the molecule is CCOC(=O)c1sc(N2CCC(N)CC2)c(SC)c1N. The summed E-state index contributed by atoms with van der Waals surface area (Å²) in [6.45, 7) is 3.98. The zero-order chi connectivity index (χ0) is 14.7. The molecular formula is C13H21N3O2S2. The normalized spacial score (nSPS) is 16.4. The molecule has 5 nitrogen and oxygen atoms in total. The molecule has 7 heteroatoms. The van der Waals surface area contributed by atoms with Gasteiger partial charge in [-0.3, -0.25) is 0 Å². The fourth-order valence-electron chi connectivity index (χ4n) is 2.27. The van der Waals surface area contributed by atoms with Crippen LogP contribution in [-0.2, 0) is 4.74 Å². The van der Waals surface area contributed by atoms with E-state index >= 15 is 0 Å². The molecule has 0 amide bonds. The second kappa shape index (κ2) is 6.69. The molecule has 0 bridgehead atoms. The Balaban J connectivity index is 2.28. The molecule has 1 fully saturated rings. The summed E-state index contributed by atoms with van der Waals surface area (Å²) in [6.07, 6.45) is 3.92. The van der Waals surface area contributed by atoms with Gasteiger partial charge in [0.15, 0.2) is 0 Å². The number of esters is 1. The number of thiophene rings is 1. The molecular weight excluding hydrogens is 294 g/mol. The Morgan fingerprint density at radius 3 is 2.70 bits per heavy atom. The molecule has 0 unspecified atom stereocenters. The minimum absolute atomic E-state index is 0.283. The summed E-state index contributed by atoms with van der Waals surface area (Å²) in [7, 11) is 0. The largest absolute Gasteiger partial charge is 0.462 e. The topological polar surface area (TPSA) is 81.6 Å². The third kappa shape index (κ3) is 3.05. The molecule has 1 aromatic heterocycles. The van der Waals surface area contributed by atoms with Crippen molar-refractivity contribution in [2.24, 2.45) is 5.73 Å². The molecule has 2 heterocycles. The van der Waals surface area contributed by atoms with Gasteiger partial charge in [0.1, 0.15) is 9.88 Å². The molecule has 0 atom stereocenters. The lowest BCUT2D eigenvalue weighted by Gasteiger charge is -2.31. The van der Waals surface area contributed by atoms with E-state index in [1.165, 1.54) is 11.3 Å². The number of thioether (sulfide) groups is 1. The van der Waals surface area contributed by atoms with Gasteiger partial charge in [-0.25, -0.2) is 4.79 Å². The van der Waals surface area contributed by atoms with Gasteiger partial charge in [0.25, 0.3) is 0 Å². The van der Waals surface area contributed by atoms with Gasteiger partial charge in [-0.05, 0) is 26.0 Å². The van der Waals surface area contributed by atoms with Gasteiger partial charge in [0.2, 0.25) is 0 Å². The lowest BCUT2D eigenvalue weighted by atomic mass is 10.1. The smallest absolute Gasteiger partial charge is 0.350 e. The Hall–Kier alpha value is -0.920. The maximum atomic E-state index is 11.9. The van der Waals surface area contributed by atoms with Gasteiger partial charge >= 0.3 is 5.97 Å². The van der Waals surface area contributed by atoms with Gasteiger partial charge in [0, 0.05) is 19.1 Å². The molecule has 0 aromatic carbocycles.